The number of anilines is 2. The number of benzene rings is 1. The first-order valence-electron chi connectivity index (χ1n) is 10.8. The standard InChI is InChI=1S/C22H27FN6OS/c1-13(2)29-22(30-18-8-6-17(23)7-9-18)25-21(26-29)24-20-15-4-5-16(20)12-28(11-15)19-10-14(3)27-31-19/h6-10,13,15-16,20H,4-5,11-12H2,1-3H3,(H,24,26)/t15-,16+,20?. The second-order valence-corrected chi connectivity index (χ2v) is 9.57. The fourth-order valence-corrected chi connectivity index (χ4v) is 5.45. The Labute approximate surface area is 185 Å². The first kappa shape index (κ1) is 20.2. The van der Waals surface area contributed by atoms with Crippen LogP contribution in [0, 0.1) is 24.6 Å². The van der Waals surface area contributed by atoms with E-state index in [0.29, 0.717) is 35.6 Å². The highest BCUT2D eigenvalue weighted by Gasteiger charge is 2.43. The van der Waals surface area contributed by atoms with Crippen molar-refractivity contribution in [2.45, 2.75) is 45.7 Å². The number of fused-ring (bicyclic) bond motifs is 2. The van der Waals surface area contributed by atoms with Crippen LogP contribution in [0.5, 0.6) is 11.8 Å². The molecule has 0 amide bonds. The third-order valence-electron chi connectivity index (χ3n) is 6.17. The zero-order valence-corrected chi connectivity index (χ0v) is 18.8. The number of hydrogen-bond acceptors (Lipinski definition) is 7. The Morgan fingerprint density at radius 3 is 2.48 bits per heavy atom. The molecule has 2 fully saturated rings. The number of nitrogens with one attached hydrogen (secondary N) is 1. The lowest BCUT2D eigenvalue weighted by molar-refractivity contribution is 0.374. The van der Waals surface area contributed by atoms with Gasteiger partial charge in [0.05, 0.1) is 11.7 Å². The molecule has 164 valence electrons. The Kier molecular flexibility index (Phi) is 5.29. The van der Waals surface area contributed by atoms with Crippen molar-refractivity contribution >= 4 is 22.5 Å². The van der Waals surface area contributed by atoms with Crippen molar-refractivity contribution in [2.24, 2.45) is 11.8 Å². The van der Waals surface area contributed by atoms with Gasteiger partial charge in [-0.25, -0.2) is 9.07 Å². The van der Waals surface area contributed by atoms with E-state index in [1.807, 2.05) is 20.8 Å². The van der Waals surface area contributed by atoms with Crippen LogP contribution in [-0.4, -0.2) is 38.3 Å². The number of ether oxygens (including phenoxy) is 1. The third kappa shape index (κ3) is 4.11. The smallest absolute Gasteiger partial charge is 0.322 e. The van der Waals surface area contributed by atoms with E-state index < -0.39 is 0 Å². The van der Waals surface area contributed by atoms with Gasteiger partial charge < -0.3 is 15.0 Å². The monoisotopic (exact) mass is 442 g/mol. The maximum absolute atomic E-state index is 13.2. The SMILES string of the molecule is Cc1cc(N2C[C@H]3CC[C@@H](C2)C3Nc2nc(Oc3ccc(F)cc3)n(C(C)C)n2)sn1. The Balaban J connectivity index is 1.31. The van der Waals surface area contributed by atoms with Gasteiger partial charge in [-0.3, -0.25) is 0 Å². The quantitative estimate of drug-likeness (QED) is 0.587. The number of nitrogens with zero attached hydrogens (tertiary/aromatic N) is 5. The fourth-order valence-electron chi connectivity index (χ4n) is 4.67. The molecule has 31 heavy (non-hydrogen) atoms. The molecule has 1 N–H and O–H groups in total. The van der Waals surface area contributed by atoms with Crippen LogP contribution in [0.15, 0.2) is 30.3 Å². The lowest BCUT2D eigenvalue weighted by Crippen LogP contribution is -2.48. The van der Waals surface area contributed by atoms with E-state index in [1.165, 1.54) is 30.0 Å². The minimum absolute atomic E-state index is 0.0895. The minimum Gasteiger partial charge on any atom is -0.424 e. The molecule has 3 heterocycles. The maximum atomic E-state index is 13.2. The van der Waals surface area contributed by atoms with Gasteiger partial charge in [0.1, 0.15) is 16.6 Å². The summed E-state index contributed by atoms with van der Waals surface area (Å²) in [4.78, 5) is 7.10. The highest BCUT2D eigenvalue weighted by atomic mass is 32.1. The summed E-state index contributed by atoms with van der Waals surface area (Å²) in [5, 5.41) is 9.55. The number of piperidine rings is 1. The molecule has 9 heteroatoms. The molecule has 5 rings (SSSR count). The van der Waals surface area contributed by atoms with Crippen LogP contribution in [0.3, 0.4) is 0 Å². The van der Waals surface area contributed by atoms with E-state index in [9.17, 15) is 4.39 Å². The zero-order valence-electron chi connectivity index (χ0n) is 18.0. The molecule has 0 spiro atoms. The van der Waals surface area contributed by atoms with Gasteiger partial charge >= 0.3 is 6.01 Å². The highest BCUT2D eigenvalue weighted by molar-refractivity contribution is 7.10. The van der Waals surface area contributed by atoms with Crippen molar-refractivity contribution in [3.05, 3.63) is 41.8 Å². The summed E-state index contributed by atoms with van der Waals surface area (Å²) in [7, 11) is 0. The van der Waals surface area contributed by atoms with Crippen molar-refractivity contribution in [3.8, 4) is 11.8 Å². The van der Waals surface area contributed by atoms with E-state index in [4.69, 9.17) is 4.74 Å². The van der Waals surface area contributed by atoms with Crippen LogP contribution in [0.2, 0.25) is 0 Å². The predicted molar refractivity (Wildman–Crippen MR) is 120 cm³/mol. The molecule has 3 aromatic rings. The summed E-state index contributed by atoms with van der Waals surface area (Å²) < 4.78 is 25.3. The molecule has 2 aromatic heterocycles. The summed E-state index contributed by atoms with van der Waals surface area (Å²) >= 11 is 1.59. The molecule has 1 aliphatic carbocycles. The van der Waals surface area contributed by atoms with E-state index in [-0.39, 0.29) is 11.9 Å². The number of rotatable bonds is 6. The predicted octanol–water partition coefficient (Wildman–Crippen LogP) is 4.88. The maximum Gasteiger partial charge on any atom is 0.322 e. The van der Waals surface area contributed by atoms with Crippen molar-refractivity contribution in [1.29, 1.82) is 0 Å². The number of aromatic nitrogens is 4. The summed E-state index contributed by atoms with van der Waals surface area (Å²) in [5.41, 5.74) is 1.09. The molecule has 2 bridgehead atoms. The lowest BCUT2D eigenvalue weighted by atomic mass is 9.92. The zero-order chi connectivity index (χ0) is 21.5. The van der Waals surface area contributed by atoms with Crippen LogP contribution in [0.1, 0.15) is 38.4 Å². The Hall–Kier alpha value is -2.68. The molecule has 7 nitrogen and oxygen atoms in total. The van der Waals surface area contributed by atoms with Gasteiger partial charge in [-0.2, -0.15) is 9.36 Å². The molecular weight excluding hydrogens is 415 g/mol. The average Bonchev–Trinajstić information content (AvgIpc) is 3.40. The first-order valence-corrected chi connectivity index (χ1v) is 11.6. The Morgan fingerprint density at radius 2 is 1.87 bits per heavy atom. The number of aryl methyl sites for hydroxylation is 1. The van der Waals surface area contributed by atoms with Gasteiger partial charge in [0.15, 0.2) is 0 Å². The van der Waals surface area contributed by atoms with Gasteiger partial charge in [0.25, 0.3) is 0 Å². The normalized spacial score (nSPS) is 22.9. The summed E-state index contributed by atoms with van der Waals surface area (Å²) in [6, 6.07) is 8.98. The summed E-state index contributed by atoms with van der Waals surface area (Å²) in [6.07, 6.45) is 2.42. The molecule has 1 aromatic carbocycles. The van der Waals surface area contributed by atoms with Gasteiger partial charge in [0, 0.05) is 19.1 Å². The Bertz CT molecular complexity index is 1030. The van der Waals surface area contributed by atoms with E-state index in [1.54, 1.807) is 28.3 Å². The van der Waals surface area contributed by atoms with Crippen LogP contribution >= 0.6 is 11.5 Å². The summed E-state index contributed by atoms with van der Waals surface area (Å²) in [6.45, 7) is 8.18. The topological polar surface area (TPSA) is 68.1 Å². The van der Waals surface area contributed by atoms with Gasteiger partial charge in [0.2, 0.25) is 5.95 Å². The van der Waals surface area contributed by atoms with Crippen molar-refractivity contribution in [2.75, 3.05) is 23.3 Å². The molecule has 3 atom stereocenters. The van der Waals surface area contributed by atoms with Crippen molar-refractivity contribution < 1.29 is 9.13 Å². The van der Waals surface area contributed by atoms with Crippen LogP contribution in [0.4, 0.5) is 15.3 Å². The second-order valence-electron chi connectivity index (χ2n) is 8.79. The van der Waals surface area contributed by atoms with Crippen molar-refractivity contribution in [1.82, 2.24) is 19.1 Å². The second kappa shape index (κ2) is 8.11. The lowest BCUT2D eigenvalue weighted by Gasteiger charge is -2.38. The Morgan fingerprint density at radius 1 is 1.16 bits per heavy atom. The average molecular weight is 443 g/mol. The molecule has 0 radical (unpaired) electrons. The van der Waals surface area contributed by atoms with E-state index in [2.05, 4.69) is 30.7 Å². The van der Waals surface area contributed by atoms with Gasteiger partial charge in [-0.05, 0) is 87.3 Å². The van der Waals surface area contributed by atoms with Crippen molar-refractivity contribution in [3.63, 3.8) is 0 Å². The van der Waals surface area contributed by atoms with Crippen LogP contribution < -0.4 is 15.0 Å². The first-order chi connectivity index (χ1) is 15.0. The highest BCUT2D eigenvalue weighted by Crippen LogP contribution is 2.41. The summed E-state index contributed by atoms with van der Waals surface area (Å²) in [5.74, 6) is 1.93. The van der Waals surface area contributed by atoms with E-state index in [0.717, 1.165) is 18.8 Å². The molecule has 2 aliphatic rings. The number of hydrogen-bond donors (Lipinski definition) is 1. The molecule has 1 unspecified atom stereocenters. The molecule has 1 saturated heterocycles. The van der Waals surface area contributed by atoms with Crippen LogP contribution in [0.25, 0.3) is 0 Å². The van der Waals surface area contributed by atoms with E-state index >= 15 is 0 Å². The molecule has 1 aliphatic heterocycles. The minimum atomic E-state index is -0.296. The van der Waals surface area contributed by atoms with Crippen LogP contribution in [-0.2, 0) is 0 Å². The largest absolute Gasteiger partial charge is 0.424 e. The fraction of sp³-hybridized carbons (Fsp3) is 0.500. The van der Waals surface area contributed by atoms with Gasteiger partial charge in [-0.1, -0.05) is 0 Å². The third-order valence-corrected chi connectivity index (χ3v) is 7.11. The van der Waals surface area contributed by atoms with Gasteiger partial charge in [-0.15, -0.1) is 5.10 Å². The molecule has 1 saturated carbocycles. The molecular formula is C22H27FN6OS. The number of halogens is 1.